The Morgan fingerprint density at radius 3 is 2.68 bits per heavy atom. The molecular formula is C18H16FN3O3. The highest BCUT2D eigenvalue weighted by Gasteiger charge is 2.21. The molecule has 2 heterocycles. The van der Waals surface area contributed by atoms with Crippen LogP contribution in [0.4, 0.5) is 10.2 Å². The van der Waals surface area contributed by atoms with Gasteiger partial charge in [-0.3, -0.25) is 9.20 Å². The van der Waals surface area contributed by atoms with Crippen LogP contribution in [0.1, 0.15) is 23.0 Å². The van der Waals surface area contributed by atoms with Gasteiger partial charge in [-0.15, -0.1) is 0 Å². The fourth-order valence-electron chi connectivity index (χ4n) is 2.42. The minimum atomic E-state index is -0.608. The van der Waals surface area contributed by atoms with E-state index >= 15 is 0 Å². The molecule has 0 radical (unpaired) electrons. The SMILES string of the molecule is CCOC(=O)c1nc2ccccn2c1NC(=O)Cc1ccc(F)cc1. The number of fused-ring (bicyclic) bond motifs is 1. The summed E-state index contributed by atoms with van der Waals surface area (Å²) in [5, 5.41) is 2.70. The molecule has 0 aliphatic heterocycles. The number of ether oxygens (including phenoxy) is 1. The smallest absolute Gasteiger partial charge is 0.360 e. The molecule has 6 nitrogen and oxygen atoms in total. The molecule has 0 aliphatic carbocycles. The van der Waals surface area contributed by atoms with E-state index in [-0.39, 0.29) is 36.3 Å². The Balaban J connectivity index is 1.88. The largest absolute Gasteiger partial charge is 0.461 e. The molecule has 1 aromatic carbocycles. The van der Waals surface area contributed by atoms with Crippen molar-refractivity contribution in [2.75, 3.05) is 11.9 Å². The van der Waals surface area contributed by atoms with Gasteiger partial charge in [0.05, 0.1) is 13.0 Å². The summed E-state index contributed by atoms with van der Waals surface area (Å²) in [6.07, 6.45) is 1.74. The van der Waals surface area contributed by atoms with E-state index in [0.717, 1.165) is 0 Å². The van der Waals surface area contributed by atoms with Crippen LogP contribution in [0.3, 0.4) is 0 Å². The second kappa shape index (κ2) is 7.12. The van der Waals surface area contributed by atoms with Gasteiger partial charge in [0, 0.05) is 6.20 Å². The molecule has 1 amide bonds. The van der Waals surface area contributed by atoms with Gasteiger partial charge in [0.1, 0.15) is 11.5 Å². The lowest BCUT2D eigenvalue weighted by atomic mass is 10.1. The van der Waals surface area contributed by atoms with Crippen molar-refractivity contribution in [1.82, 2.24) is 9.38 Å². The molecule has 0 fully saturated rings. The van der Waals surface area contributed by atoms with E-state index in [1.54, 1.807) is 35.7 Å². The number of nitrogens with one attached hydrogen (secondary N) is 1. The summed E-state index contributed by atoms with van der Waals surface area (Å²) < 4.78 is 19.6. The number of benzene rings is 1. The average molecular weight is 341 g/mol. The number of anilines is 1. The molecule has 2 aromatic heterocycles. The van der Waals surface area contributed by atoms with Crippen molar-refractivity contribution in [3.8, 4) is 0 Å². The summed E-state index contributed by atoms with van der Waals surface area (Å²) in [6, 6.07) is 10.9. The van der Waals surface area contributed by atoms with Gasteiger partial charge in [0.2, 0.25) is 5.91 Å². The number of hydrogen-bond donors (Lipinski definition) is 1. The zero-order valence-corrected chi connectivity index (χ0v) is 13.5. The van der Waals surface area contributed by atoms with Crippen molar-refractivity contribution in [3.05, 3.63) is 65.7 Å². The third-order valence-corrected chi connectivity index (χ3v) is 3.53. The number of halogens is 1. The van der Waals surface area contributed by atoms with Gasteiger partial charge in [-0.2, -0.15) is 0 Å². The fraction of sp³-hybridized carbons (Fsp3) is 0.167. The van der Waals surface area contributed by atoms with E-state index in [2.05, 4.69) is 10.3 Å². The van der Waals surface area contributed by atoms with Gasteiger partial charge < -0.3 is 10.1 Å². The molecule has 128 valence electrons. The van der Waals surface area contributed by atoms with E-state index in [4.69, 9.17) is 4.74 Å². The summed E-state index contributed by atoms with van der Waals surface area (Å²) in [4.78, 5) is 28.7. The van der Waals surface area contributed by atoms with Crippen molar-refractivity contribution < 1.29 is 18.7 Å². The Kier molecular flexibility index (Phi) is 4.74. The maximum Gasteiger partial charge on any atom is 0.360 e. The fourth-order valence-corrected chi connectivity index (χ4v) is 2.42. The number of carbonyl (C=O) groups excluding carboxylic acids is 2. The Morgan fingerprint density at radius 1 is 1.20 bits per heavy atom. The van der Waals surface area contributed by atoms with Crippen LogP contribution in [0.25, 0.3) is 5.65 Å². The monoisotopic (exact) mass is 341 g/mol. The van der Waals surface area contributed by atoms with Gasteiger partial charge >= 0.3 is 5.97 Å². The lowest BCUT2D eigenvalue weighted by Crippen LogP contribution is -2.18. The number of hydrogen-bond acceptors (Lipinski definition) is 4. The van der Waals surface area contributed by atoms with Crippen molar-refractivity contribution in [2.24, 2.45) is 0 Å². The quantitative estimate of drug-likeness (QED) is 0.724. The highest BCUT2D eigenvalue weighted by Crippen LogP contribution is 2.19. The van der Waals surface area contributed by atoms with Crippen LogP contribution in [-0.4, -0.2) is 27.9 Å². The van der Waals surface area contributed by atoms with Crippen LogP contribution < -0.4 is 5.32 Å². The predicted molar refractivity (Wildman–Crippen MR) is 89.9 cm³/mol. The van der Waals surface area contributed by atoms with E-state index in [0.29, 0.717) is 11.2 Å². The number of aromatic nitrogens is 2. The molecular weight excluding hydrogens is 325 g/mol. The van der Waals surface area contributed by atoms with Crippen LogP contribution in [0.2, 0.25) is 0 Å². The maximum atomic E-state index is 13.0. The molecule has 3 rings (SSSR count). The third kappa shape index (κ3) is 3.65. The zero-order chi connectivity index (χ0) is 17.8. The molecule has 1 N–H and O–H groups in total. The third-order valence-electron chi connectivity index (χ3n) is 3.53. The zero-order valence-electron chi connectivity index (χ0n) is 13.5. The van der Waals surface area contributed by atoms with Crippen LogP contribution in [-0.2, 0) is 16.0 Å². The first kappa shape index (κ1) is 16.6. The minimum Gasteiger partial charge on any atom is -0.461 e. The van der Waals surface area contributed by atoms with Crippen LogP contribution in [0.15, 0.2) is 48.7 Å². The summed E-state index contributed by atoms with van der Waals surface area (Å²) in [7, 11) is 0. The molecule has 0 saturated carbocycles. The summed E-state index contributed by atoms with van der Waals surface area (Å²) in [6.45, 7) is 1.90. The van der Waals surface area contributed by atoms with Crippen LogP contribution in [0, 0.1) is 5.82 Å². The molecule has 0 bridgehead atoms. The first-order chi connectivity index (χ1) is 12.1. The molecule has 25 heavy (non-hydrogen) atoms. The Hall–Kier alpha value is -3.22. The number of carbonyl (C=O) groups is 2. The molecule has 0 atom stereocenters. The summed E-state index contributed by atoms with van der Waals surface area (Å²) >= 11 is 0. The molecule has 0 saturated heterocycles. The second-order valence-corrected chi connectivity index (χ2v) is 5.31. The highest BCUT2D eigenvalue weighted by molar-refractivity contribution is 6.00. The van der Waals surface area contributed by atoms with Crippen molar-refractivity contribution in [1.29, 1.82) is 0 Å². The summed E-state index contributed by atoms with van der Waals surface area (Å²) in [5.41, 5.74) is 1.22. The highest BCUT2D eigenvalue weighted by atomic mass is 19.1. The molecule has 0 spiro atoms. The van der Waals surface area contributed by atoms with Crippen molar-refractivity contribution >= 4 is 23.3 Å². The van der Waals surface area contributed by atoms with E-state index in [1.165, 1.54) is 24.3 Å². The average Bonchev–Trinajstić information content (AvgIpc) is 2.96. The predicted octanol–water partition coefficient (Wildman–Crippen LogP) is 2.83. The topological polar surface area (TPSA) is 72.7 Å². The van der Waals surface area contributed by atoms with E-state index in [1.807, 2.05) is 0 Å². The Morgan fingerprint density at radius 2 is 1.96 bits per heavy atom. The lowest BCUT2D eigenvalue weighted by molar-refractivity contribution is -0.115. The van der Waals surface area contributed by atoms with Crippen LogP contribution in [0.5, 0.6) is 0 Å². The number of pyridine rings is 1. The number of esters is 1. The number of amides is 1. The van der Waals surface area contributed by atoms with Gasteiger partial charge in [-0.25, -0.2) is 14.2 Å². The second-order valence-electron chi connectivity index (χ2n) is 5.31. The van der Waals surface area contributed by atoms with Gasteiger partial charge in [0.15, 0.2) is 11.5 Å². The lowest BCUT2D eigenvalue weighted by Gasteiger charge is -2.07. The van der Waals surface area contributed by atoms with E-state index in [9.17, 15) is 14.0 Å². The molecule has 0 aliphatic rings. The normalized spacial score (nSPS) is 10.6. The molecule has 3 aromatic rings. The molecule has 0 unspecified atom stereocenters. The van der Waals surface area contributed by atoms with Gasteiger partial charge in [-0.1, -0.05) is 18.2 Å². The number of nitrogens with zero attached hydrogens (tertiary/aromatic N) is 2. The number of imidazole rings is 1. The first-order valence-corrected chi connectivity index (χ1v) is 7.77. The van der Waals surface area contributed by atoms with Crippen molar-refractivity contribution in [3.63, 3.8) is 0 Å². The molecule has 7 heteroatoms. The van der Waals surface area contributed by atoms with Gasteiger partial charge in [-0.05, 0) is 36.8 Å². The Labute approximate surface area is 143 Å². The van der Waals surface area contributed by atoms with E-state index < -0.39 is 5.97 Å². The summed E-state index contributed by atoms with van der Waals surface area (Å²) in [5.74, 6) is -1.07. The van der Waals surface area contributed by atoms with Gasteiger partial charge in [0.25, 0.3) is 0 Å². The van der Waals surface area contributed by atoms with Crippen LogP contribution >= 0.6 is 0 Å². The first-order valence-electron chi connectivity index (χ1n) is 7.77. The Bertz CT molecular complexity index is 919. The minimum absolute atomic E-state index is 0.0421. The number of rotatable bonds is 5. The standard InChI is InChI=1S/C18H16FN3O3/c1-2-25-18(24)16-17(22-10-4-3-5-14(22)20-16)21-15(23)11-12-6-8-13(19)9-7-12/h3-10H,2,11H2,1H3,(H,21,23). The van der Waals surface area contributed by atoms with Crippen molar-refractivity contribution in [2.45, 2.75) is 13.3 Å². The maximum absolute atomic E-state index is 13.0.